The number of carbonyl (C=O) groups excluding carboxylic acids is 2. The Kier molecular flexibility index (Phi) is 7.02. The minimum Gasteiger partial charge on any atom is -0.494 e. The van der Waals surface area contributed by atoms with Crippen LogP contribution in [-0.2, 0) is 16.0 Å². The predicted molar refractivity (Wildman–Crippen MR) is 88.9 cm³/mol. The number of carbonyl (C=O) groups is 2. The number of aliphatic hydroxyl groups excluding tert-OH is 2. The van der Waals surface area contributed by atoms with Crippen LogP contribution in [0.1, 0.15) is 24.8 Å². The SMILES string of the molecule is O=C1CCc2cc(OCCCC(=O)N(CCO)CCO)ccc2N1. The fourth-order valence-electron chi connectivity index (χ4n) is 2.62. The number of amides is 2. The minimum absolute atomic E-state index is 0.0324. The molecule has 1 aromatic carbocycles. The fourth-order valence-corrected chi connectivity index (χ4v) is 2.62. The van der Waals surface area contributed by atoms with Crippen LogP contribution >= 0.6 is 0 Å². The highest BCUT2D eigenvalue weighted by Crippen LogP contribution is 2.26. The molecule has 0 bridgehead atoms. The Morgan fingerprint density at radius 2 is 1.96 bits per heavy atom. The zero-order valence-corrected chi connectivity index (χ0v) is 13.7. The number of benzene rings is 1. The summed E-state index contributed by atoms with van der Waals surface area (Å²) in [5.41, 5.74) is 1.89. The summed E-state index contributed by atoms with van der Waals surface area (Å²) >= 11 is 0. The molecule has 1 heterocycles. The summed E-state index contributed by atoms with van der Waals surface area (Å²) in [6, 6.07) is 5.55. The van der Waals surface area contributed by atoms with Crippen LogP contribution in [0.4, 0.5) is 5.69 Å². The summed E-state index contributed by atoms with van der Waals surface area (Å²) in [6.07, 6.45) is 2.05. The molecule has 0 aliphatic carbocycles. The van der Waals surface area contributed by atoms with E-state index in [1.54, 1.807) is 6.07 Å². The number of aryl methyl sites for hydroxylation is 1. The molecule has 0 atom stereocenters. The molecule has 2 amide bonds. The highest BCUT2D eigenvalue weighted by molar-refractivity contribution is 5.94. The Bertz CT molecular complexity index is 570. The first-order valence-electron chi connectivity index (χ1n) is 8.19. The van der Waals surface area contributed by atoms with Gasteiger partial charge in [0.2, 0.25) is 11.8 Å². The van der Waals surface area contributed by atoms with Crippen LogP contribution in [0.2, 0.25) is 0 Å². The van der Waals surface area contributed by atoms with Crippen molar-refractivity contribution in [2.24, 2.45) is 0 Å². The van der Waals surface area contributed by atoms with Gasteiger partial charge in [0.1, 0.15) is 5.75 Å². The number of hydrogen-bond donors (Lipinski definition) is 3. The highest BCUT2D eigenvalue weighted by atomic mass is 16.5. The zero-order chi connectivity index (χ0) is 17.4. The van der Waals surface area contributed by atoms with Crippen molar-refractivity contribution in [1.29, 1.82) is 0 Å². The van der Waals surface area contributed by atoms with Gasteiger partial charge in [-0.2, -0.15) is 0 Å². The van der Waals surface area contributed by atoms with E-state index in [1.807, 2.05) is 12.1 Å². The first-order valence-corrected chi connectivity index (χ1v) is 8.19. The maximum Gasteiger partial charge on any atom is 0.224 e. The van der Waals surface area contributed by atoms with Gasteiger partial charge < -0.3 is 25.2 Å². The van der Waals surface area contributed by atoms with Gasteiger partial charge in [0.25, 0.3) is 0 Å². The molecule has 1 aliphatic heterocycles. The molecular formula is C17H24N2O5. The molecule has 2 rings (SSSR count). The number of nitrogens with one attached hydrogen (secondary N) is 1. The van der Waals surface area contributed by atoms with Crippen molar-refractivity contribution in [2.75, 3.05) is 38.2 Å². The van der Waals surface area contributed by atoms with Crippen LogP contribution in [0.3, 0.4) is 0 Å². The van der Waals surface area contributed by atoms with Crippen LogP contribution in [0.15, 0.2) is 18.2 Å². The summed E-state index contributed by atoms with van der Waals surface area (Å²) in [5, 5.41) is 20.7. The van der Waals surface area contributed by atoms with Gasteiger partial charge in [-0.3, -0.25) is 9.59 Å². The van der Waals surface area contributed by atoms with Gasteiger partial charge >= 0.3 is 0 Å². The van der Waals surface area contributed by atoms with E-state index in [-0.39, 0.29) is 38.1 Å². The highest BCUT2D eigenvalue weighted by Gasteiger charge is 2.15. The van der Waals surface area contributed by atoms with E-state index in [1.165, 1.54) is 4.90 Å². The lowest BCUT2D eigenvalue weighted by atomic mass is 10.0. The third kappa shape index (κ3) is 5.21. The maximum absolute atomic E-state index is 12.0. The average molecular weight is 336 g/mol. The van der Waals surface area contributed by atoms with Crippen molar-refractivity contribution in [3.63, 3.8) is 0 Å². The molecular weight excluding hydrogens is 312 g/mol. The predicted octanol–water partition coefficient (Wildman–Crippen LogP) is 0.543. The Balaban J connectivity index is 1.76. The lowest BCUT2D eigenvalue weighted by Crippen LogP contribution is -2.35. The lowest BCUT2D eigenvalue weighted by molar-refractivity contribution is -0.132. The molecule has 1 aliphatic rings. The van der Waals surface area contributed by atoms with E-state index in [2.05, 4.69) is 5.32 Å². The van der Waals surface area contributed by atoms with Crippen molar-refractivity contribution < 1.29 is 24.5 Å². The Labute approximate surface area is 141 Å². The Morgan fingerprint density at radius 3 is 2.67 bits per heavy atom. The second-order valence-corrected chi connectivity index (χ2v) is 5.65. The Hall–Kier alpha value is -2.12. The van der Waals surface area contributed by atoms with Gasteiger partial charge in [0, 0.05) is 31.6 Å². The van der Waals surface area contributed by atoms with Gasteiger partial charge in [-0.25, -0.2) is 0 Å². The molecule has 24 heavy (non-hydrogen) atoms. The number of aliphatic hydroxyl groups is 2. The van der Waals surface area contributed by atoms with E-state index in [9.17, 15) is 9.59 Å². The van der Waals surface area contributed by atoms with Gasteiger partial charge in [-0.1, -0.05) is 0 Å². The normalized spacial score (nSPS) is 13.2. The summed E-state index contributed by atoms with van der Waals surface area (Å²) in [4.78, 5) is 24.7. The van der Waals surface area contributed by atoms with Gasteiger partial charge in [-0.05, 0) is 36.6 Å². The van der Waals surface area contributed by atoms with E-state index < -0.39 is 0 Å². The van der Waals surface area contributed by atoms with Gasteiger partial charge in [0.15, 0.2) is 0 Å². The van der Waals surface area contributed by atoms with Gasteiger partial charge in [-0.15, -0.1) is 0 Å². The summed E-state index contributed by atoms with van der Waals surface area (Å²) in [7, 11) is 0. The van der Waals surface area contributed by atoms with Crippen molar-refractivity contribution in [3.8, 4) is 5.75 Å². The molecule has 0 aromatic heterocycles. The van der Waals surface area contributed by atoms with Crippen LogP contribution in [-0.4, -0.2) is 59.8 Å². The van der Waals surface area contributed by atoms with Crippen molar-refractivity contribution in [1.82, 2.24) is 4.90 Å². The minimum atomic E-state index is -0.117. The third-order valence-electron chi connectivity index (χ3n) is 3.87. The molecule has 0 saturated heterocycles. The topological polar surface area (TPSA) is 99.1 Å². The molecule has 7 nitrogen and oxygen atoms in total. The standard InChI is InChI=1S/C17H24N2O5/c20-9-7-19(8-10-21)17(23)2-1-11-24-14-4-5-15-13(12-14)3-6-16(22)18-15/h4-5,12,20-21H,1-3,6-11H2,(H,18,22). The number of hydrogen-bond acceptors (Lipinski definition) is 5. The number of anilines is 1. The number of rotatable bonds is 9. The van der Waals surface area contributed by atoms with E-state index in [0.29, 0.717) is 32.3 Å². The Morgan fingerprint density at radius 1 is 1.21 bits per heavy atom. The number of fused-ring (bicyclic) bond motifs is 1. The smallest absolute Gasteiger partial charge is 0.224 e. The van der Waals surface area contributed by atoms with E-state index in [0.717, 1.165) is 17.0 Å². The first-order chi connectivity index (χ1) is 11.6. The van der Waals surface area contributed by atoms with E-state index >= 15 is 0 Å². The lowest BCUT2D eigenvalue weighted by Gasteiger charge is -2.20. The largest absolute Gasteiger partial charge is 0.494 e. The summed E-state index contributed by atoms with van der Waals surface area (Å²) in [6.45, 7) is 0.637. The van der Waals surface area contributed by atoms with Crippen LogP contribution < -0.4 is 10.1 Å². The molecule has 0 unspecified atom stereocenters. The summed E-state index contributed by atoms with van der Waals surface area (Å²) < 4.78 is 5.67. The zero-order valence-electron chi connectivity index (χ0n) is 13.7. The first kappa shape index (κ1) is 18.2. The quantitative estimate of drug-likeness (QED) is 0.572. The third-order valence-corrected chi connectivity index (χ3v) is 3.87. The molecule has 0 fully saturated rings. The monoisotopic (exact) mass is 336 g/mol. The molecule has 7 heteroatoms. The van der Waals surface area contributed by atoms with Crippen LogP contribution in [0.5, 0.6) is 5.75 Å². The number of ether oxygens (including phenoxy) is 1. The van der Waals surface area contributed by atoms with Crippen LogP contribution in [0.25, 0.3) is 0 Å². The average Bonchev–Trinajstić information content (AvgIpc) is 2.58. The molecule has 3 N–H and O–H groups in total. The summed E-state index contributed by atoms with van der Waals surface area (Å²) in [5.74, 6) is 0.653. The second kappa shape index (κ2) is 9.24. The molecule has 0 radical (unpaired) electrons. The molecule has 0 spiro atoms. The van der Waals surface area contributed by atoms with Crippen LogP contribution in [0, 0.1) is 0 Å². The maximum atomic E-state index is 12.0. The molecule has 132 valence electrons. The molecule has 1 aromatic rings. The van der Waals surface area contributed by atoms with E-state index in [4.69, 9.17) is 14.9 Å². The second-order valence-electron chi connectivity index (χ2n) is 5.65. The number of nitrogens with zero attached hydrogens (tertiary/aromatic N) is 1. The van der Waals surface area contributed by atoms with Crippen molar-refractivity contribution in [2.45, 2.75) is 25.7 Å². The molecule has 0 saturated carbocycles. The fraction of sp³-hybridized carbons (Fsp3) is 0.529. The van der Waals surface area contributed by atoms with Crippen molar-refractivity contribution in [3.05, 3.63) is 23.8 Å². The van der Waals surface area contributed by atoms with Crippen molar-refractivity contribution >= 4 is 17.5 Å². The van der Waals surface area contributed by atoms with Gasteiger partial charge in [0.05, 0.1) is 19.8 Å².